The Morgan fingerprint density at radius 2 is 1.72 bits per heavy atom. The molecule has 2 aromatic carbocycles. The summed E-state index contributed by atoms with van der Waals surface area (Å²) in [6.07, 6.45) is 3.28. The Balaban J connectivity index is 1.59. The molecule has 0 spiro atoms. The van der Waals surface area contributed by atoms with Gasteiger partial charge in [0.2, 0.25) is 0 Å². The van der Waals surface area contributed by atoms with Crippen molar-refractivity contribution >= 4 is 17.4 Å². The third-order valence-corrected chi connectivity index (χ3v) is 6.63. The molecular weight excluding hydrogens is 450 g/mol. The first-order valence-electron chi connectivity index (χ1n) is 13.2. The van der Waals surface area contributed by atoms with Crippen LogP contribution >= 0.6 is 0 Å². The van der Waals surface area contributed by atoms with Gasteiger partial charge in [0, 0.05) is 37.2 Å². The van der Waals surface area contributed by atoms with Crippen LogP contribution in [0.2, 0.25) is 0 Å². The zero-order valence-corrected chi connectivity index (χ0v) is 23.1. The van der Waals surface area contributed by atoms with Crippen molar-refractivity contribution < 1.29 is 19.1 Å². The molecule has 0 aromatic heterocycles. The highest BCUT2D eigenvalue weighted by Crippen LogP contribution is 2.30. The molecule has 0 amide bonds. The highest BCUT2D eigenvalue weighted by molar-refractivity contribution is 5.82. The third-order valence-electron chi connectivity index (χ3n) is 6.63. The Morgan fingerprint density at radius 3 is 2.36 bits per heavy atom. The van der Waals surface area contributed by atoms with E-state index in [0.717, 1.165) is 31.5 Å². The zero-order valence-electron chi connectivity index (χ0n) is 23.1. The minimum atomic E-state index is -1.11. The van der Waals surface area contributed by atoms with Gasteiger partial charge in [-0.2, -0.15) is 0 Å². The summed E-state index contributed by atoms with van der Waals surface area (Å²) in [6, 6.07) is 16.4. The largest absolute Gasteiger partial charge is 0.476 e. The van der Waals surface area contributed by atoms with Gasteiger partial charge in [-0.3, -0.25) is 4.79 Å². The lowest BCUT2D eigenvalue weighted by atomic mass is 9.90. The van der Waals surface area contributed by atoms with Gasteiger partial charge in [-0.05, 0) is 83.1 Å². The summed E-state index contributed by atoms with van der Waals surface area (Å²) in [7, 11) is 0. The van der Waals surface area contributed by atoms with Crippen molar-refractivity contribution in [3.8, 4) is 5.75 Å². The van der Waals surface area contributed by atoms with E-state index < -0.39 is 17.2 Å². The van der Waals surface area contributed by atoms with Gasteiger partial charge in [0.15, 0.2) is 5.60 Å². The molecule has 1 aliphatic rings. The average Bonchev–Trinajstić information content (AvgIpc) is 2.81. The second kappa shape index (κ2) is 11.5. The molecule has 5 heteroatoms. The molecule has 1 aliphatic heterocycles. The number of hydrogen-bond acceptors (Lipinski definition) is 5. The fourth-order valence-corrected chi connectivity index (χ4v) is 4.50. The van der Waals surface area contributed by atoms with E-state index in [4.69, 9.17) is 9.47 Å². The molecule has 36 heavy (non-hydrogen) atoms. The maximum Gasteiger partial charge on any atom is 0.350 e. The molecule has 3 rings (SSSR count). The lowest BCUT2D eigenvalue weighted by Gasteiger charge is -2.34. The van der Waals surface area contributed by atoms with Crippen molar-refractivity contribution in [2.24, 2.45) is 5.92 Å². The van der Waals surface area contributed by atoms with E-state index in [1.165, 1.54) is 11.1 Å². The van der Waals surface area contributed by atoms with E-state index >= 15 is 0 Å². The number of esters is 1. The molecular formula is C31H43NO4. The first-order valence-corrected chi connectivity index (χ1v) is 13.2. The predicted molar refractivity (Wildman–Crippen MR) is 146 cm³/mol. The molecule has 1 unspecified atom stereocenters. The predicted octanol–water partition coefficient (Wildman–Crippen LogP) is 6.73. The molecule has 0 aliphatic carbocycles. The first kappa shape index (κ1) is 27.8. The van der Waals surface area contributed by atoms with Crippen molar-refractivity contribution in [2.45, 2.75) is 91.3 Å². The smallest absolute Gasteiger partial charge is 0.350 e. The maximum absolute atomic E-state index is 13.1. The molecule has 1 atom stereocenters. The number of rotatable bonds is 9. The normalized spacial score (nSPS) is 16.7. The summed E-state index contributed by atoms with van der Waals surface area (Å²) in [5.74, 6) is 1.10. The molecule has 2 aromatic rings. The maximum atomic E-state index is 13.1. The Kier molecular flexibility index (Phi) is 8.86. The molecule has 0 N–H and O–H groups in total. The quantitative estimate of drug-likeness (QED) is 0.363. The summed E-state index contributed by atoms with van der Waals surface area (Å²) in [5, 5.41) is 0. The minimum absolute atomic E-state index is 0.0384. The minimum Gasteiger partial charge on any atom is -0.476 e. The van der Waals surface area contributed by atoms with Crippen LogP contribution in [0.3, 0.4) is 0 Å². The molecule has 0 saturated carbocycles. The van der Waals surface area contributed by atoms with Crippen LogP contribution in [0.1, 0.15) is 84.8 Å². The molecule has 1 saturated heterocycles. The number of nitrogens with zero attached hydrogens (tertiary/aromatic N) is 1. The lowest BCUT2D eigenvalue weighted by Crippen LogP contribution is -2.43. The fraction of sp³-hybridized carbons (Fsp3) is 0.548. The molecule has 1 fully saturated rings. The van der Waals surface area contributed by atoms with E-state index in [9.17, 15) is 9.59 Å². The highest BCUT2D eigenvalue weighted by atomic mass is 16.6. The van der Waals surface area contributed by atoms with Crippen LogP contribution in [0.15, 0.2) is 48.5 Å². The summed E-state index contributed by atoms with van der Waals surface area (Å²) in [5.41, 5.74) is 1.87. The van der Waals surface area contributed by atoms with E-state index in [2.05, 4.69) is 43.0 Å². The van der Waals surface area contributed by atoms with Crippen LogP contribution in [-0.2, 0) is 20.7 Å². The lowest BCUT2D eigenvalue weighted by molar-refractivity contribution is -0.170. The number of hydrogen-bond donors (Lipinski definition) is 0. The Bertz CT molecular complexity index is 1030. The highest BCUT2D eigenvalue weighted by Gasteiger charge is 2.35. The van der Waals surface area contributed by atoms with Crippen LogP contribution in [0.5, 0.6) is 5.75 Å². The Hall–Kier alpha value is -2.82. The van der Waals surface area contributed by atoms with E-state index in [1.54, 1.807) is 13.8 Å². The summed E-state index contributed by atoms with van der Waals surface area (Å²) in [6.45, 7) is 15.0. The molecule has 1 heterocycles. The number of Topliss-reactive ketones (excluding diaryl/α,β-unsaturated/α-hetero) is 1. The van der Waals surface area contributed by atoms with Crippen molar-refractivity contribution in [1.29, 1.82) is 0 Å². The average molecular weight is 494 g/mol. The summed E-state index contributed by atoms with van der Waals surface area (Å²) < 4.78 is 11.6. The molecule has 5 nitrogen and oxygen atoms in total. The van der Waals surface area contributed by atoms with Crippen molar-refractivity contribution in [3.05, 3.63) is 59.7 Å². The van der Waals surface area contributed by atoms with Gasteiger partial charge in [-0.15, -0.1) is 0 Å². The summed E-state index contributed by atoms with van der Waals surface area (Å²) in [4.78, 5) is 27.9. The molecule has 196 valence electrons. The van der Waals surface area contributed by atoms with Gasteiger partial charge in [0.25, 0.3) is 0 Å². The molecule has 0 bridgehead atoms. The van der Waals surface area contributed by atoms with Gasteiger partial charge in [0.1, 0.15) is 17.1 Å². The second-order valence-corrected chi connectivity index (χ2v) is 11.8. The van der Waals surface area contributed by atoms with E-state index in [0.29, 0.717) is 30.4 Å². The zero-order chi connectivity index (χ0) is 26.5. The van der Waals surface area contributed by atoms with Gasteiger partial charge >= 0.3 is 5.97 Å². The van der Waals surface area contributed by atoms with E-state index in [1.807, 2.05) is 45.0 Å². The van der Waals surface area contributed by atoms with Gasteiger partial charge < -0.3 is 14.4 Å². The van der Waals surface area contributed by atoms with Gasteiger partial charge in [-0.25, -0.2) is 4.79 Å². The number of piperidine rings is 1. The number of carbonyl (C=O) groups is 2. The van der Waals surface area contributed by atoms with Crippen LogP contribution in [0, 0.1) is 5.92 Å². The van der Waals surface area contributed by atoms with Crippen LogP contribution in [-0.4, -0.2) is 36.0 Å². The van der Waals surface area contributed by atoms with Crippen molar-refractivity contribution in [3.63, 3.8) is 0 Å². The third kappa shape index (κ3) is 7.84. The SMILES string of the molecule is CC(C)c1ccc(CCC(=O)C2CCCN(c3cccc(OC(C)(C)C(=O)OC(C)(C)C)c3)C2)cc1. The first-order chi connectivity index (χ1) is 16.8. The van der Waals surface area contributed by atoms with Crippen molar-refractivity contribution in [1.82, 2.24) is 0 Å². The second-order valence-electron chi connectivity index (χ2n) is 11.8. The van der Waals surface area contributed by atoms with Crippen LogP contribution in [0.25, 0.3) is 0 Å². The number of carbonyl (C=O) groups excluding carboxylic acids is 2. The Morgan fingerprint density at radius 1 is 1.03 bits per heavy atom. The number of ether oxygens (including phenoxy) is 2. The number of aryl methyl sites for hydroxylation is 1. The number of anilines is 1. The van der Waals surface area contributed by atoms with Gasteiger partial charge in [0.05, 0.1) is 0 Å². The Labute approximate surface area is 217 Å². The fourth-order valence-electron chi connectivity index (χ4n) is 4.50. The number of benzene rings is 2. The summed E-state index contributed by atoms with van der Waals surface area (Å²) >= 11 is 0. The van der Waals surface area contributed by atoms with E-state index in [-0.39, 0.29) is 5.92 Å². The number of ketones is 1. The topological polar surface area (TPSA) is 55.8 Å². The van der Waals surface area contributed by atoms with Crippen LogP contribution in [0.4, 0.5) is 5.69 Å². The van der Waals surface area contributed by atoms with Crippen LogP contribution < -0.4 is 9.64 Å². The van der Waals surface area contributed by atoms with Gasteiger partial charge in [-0.1, -0.05) is 44.2 Å². The monoisotopic (exact) mass is 493 g/mol. The molecule has 0 radical (unpaired) electrons. The van der Waals surface area contributed by atoms with Crippen molar-refractivity contribution in [2.75, 3.05) is 18.0 Å². The standard InChI is InChI=1S/C31H43NO4/c1-22(2)24-16-13-23(14-17-24)15-18-28(33)25-10-9-19-32(21-25)26-11-8-12-27(20-26)35-31(6,7)29(34)36-30(3,4)5/h8,11-14,16-17,20,22,25H,9-10,15,18-19,21H2,1-7H3.